The highest BCUT2D eigenvalue weighted by Gasteiger charge is 2.48. The zero-order valence-electron chi connectivity index (χ0n) is 15.2. The predicted octanol–water partition coefficient (Wildman–Crippen LogP) is 2.88. The van der Waals surface area contributed by atoms with Crippen LogP contribution in [0.4, 0.5) is 11.0 Å². The first-order chi connectivity index (χ1) is 13.4. The lowest BCUT2D eigenvalue weighted by Gasteiger charge is -2.21. The Bertz CT molecular complexity index is 1080. The molecule has 3 aromatic rings. The normalized spacial score (nSPS) is 16.9. The van der Waals surface area contributed by atoms with Crippen LogP contribution in [-0.4, -0.2) is 41.1 Å². The van der Waals surface area contributed by atoms with Gasteiger partial charge in [0.15, 0.2) is 17.4 Å². The van der Waals surface area contributed by atoms with Crippen LogP contribution >= 0.6 is 11.3 Å². The van der Waals surface area contributed by atoms with E-state index in [1.807, 2.05) is 0 Å². The molecule has 1 N–H and O–H groups in total. The molecule has 0 bridgehead atoms. The van der Waals surface area contributed by atoms with Crippen molar-refractivity contribution >= 4 is 34.0 Å². The molecular formula is C18H16N4O5S. The Morgan fingerprint density at radius 3 is 2.61 bits per heavy atom. The highest BCUT2D eigenvalue weighted by atomic mass is 32.1. The molecule has 10 heteroatoms. The number of hydrogen-bond acceptors (Lipinski definition) is 9. The summed E-state index contributed by atoms with van der Waals surface area (Å²) in [6, 6.07) is 5.51. The predicted molar refractivity (Wildman–Crippen MR) is 101 cm³/mol. The minimum absolute atomic E-state index is 0.0235. The second kappa shape index (κ2) is 6.64. The van der Waals surface area contributed by atoms with Crippen LogP contribution in [0.25, 0.3) is 0 Å². The van der Waals surface area contributed by atoms with Gasteiger partial charge in [0.1, 0.15) is 23.1 Å². The van der Waals surface area contributed by atoms with Gasteiger partial charge in [-0.2, -0.15) is 0 Å². The van der Waals surface area contributed by atoms with Crippen LogP contribution in [0.15, 0.2) is 49.9 Å². The fourth-order valence-electron chi connectivity index (χ4n) is 2.99. The zero-order valence-corrected chi connectivity index (χ0v) is 16.1. The third-order valence-electron chi connectivity index (χ3n) is 4.29. The maximum absolute atomic E-state index is 13.1. The van der Waals surface area contributed by atoms with Gasteiger partial charge < -0.3 is 18.8 Å². The fourth-order valence-corrected chi connectivity index (χ4v) is 3.58. The minimum Gasteiger partial charge on any atom is -0.503 e. The molecule has 144 valence electrons. The number of rotatable bonds is 5. The number of ketones is 1. The van der Waals surface area contributed by atoms with Crippen LogP contribution < -0.4 is 9.80 Å². The Balaban J connectivity index is 1.85. The van der Waals surface area contributed by atoms with Crippen LogP contribution in [0, 0.1) is 6.92 Å². The van der Waals surface area contributed by atoms with Gasteiger partial charge in [-0.3, -0.25) is 14.5 Å². The molecule has 0 aliphatic carbocycles. The smallest absolute Gasteiger partial charge is 0.296 e. The van der Waals surface area contributed by atoms with Gasteiger partial charge in [-0.15, -0.1) is 10.2 Å². The quantitative estimate of drug-likeness (QED) is 0.651. The highest BCUT2D eigenvalue weighted by molar-refractivity contribution is 7.13. The molecule has 28 heavy (non-hydrogen) atoms. The Labute approximate surface area is 163 Å². The summed E-state index contributed by atoms with van der Waals surface area (Å²) in [4.78, 5) is 28.8. The number of Topliss-reactive ketones (excluding diaryl/α,β-unsaturated/α-hetero) is 1. The number of aliphatic hydroxyl groups is 1. The lowest BCUT2D eigenvalue weighted by atomic mass is 10.00. The number of anilines is 2. The van der Waals surface area contributed by atoms with Crippen molar-refractivity contribution in [3.05, 3.63) is 58.4 Å². The summed E-state index contributed by atoms with van der Waals surface area (Å²) in [5.74, 6) is -0.611. The Morgan fingerprint density at radius 2 is 2.04 bits per heavy atom. The molecule has 0 radical (unpaired) electrons. The zero-order chi connectivity index (χ0) is 20.0. The van der Waals surface area contributed by atoms with E-state index in [0.29, 0.717) is 17.4 Å². The summed E-state index contributed by atoms with van der Waals surface area (Å²) < 4.78 is 11.2. The Kier molecular flexibility index (Phi) is 4.27. The van der Waals surface area contributed by atoms with Crippen molar-refractivity contribution in [3.63, 3.8) is 0 Å². The number of carbonyl (C=O) groups is 2. The van der Waals surface area contributed by atoms with E-state index in [2.05, 4.69) is 10.2 Å². The summed E-state index contributed by atoms with van der Waals surface area (Å²) in [5.41, 5.74) is 1.33. The molecule has 3 aromatic heterocycles. The second-order valence-electron chi connectivity index (χ2n) is 6.37. The number of aliphatic hydroxyl groups excluding tert-OH is 1. The monoisotopic (exact) mass is 400 g/mol. The van der Waals surface area contributed by atoms with Gasteiger partial charge in [-0.25, -0.2) is 0 Å². The molecule has 1 unspecified atom stereocenters. The molecule has 0 saturated carbocycles. The minimum atomic E-state index is -0.993. The Hall–Kier alpha value is -3.40. The molecule has 4 heterocycles. The Morgan fingerprint density at radius 1 is 1.25 bits per heavy atom. The maximum Gasteiger partial charge on any atom is 0.296 e. The van der Waals surface area contributed by atoms with E-state index in [1.165, 1.54) is 16.5 Å². The average Bonchev–Trinajstić information content (AvgIpc) is 3.42. The van der Waals surface area contributed by atoms with Crippen LogP contribution in [0.3, 0.4) is 0 Å². The summed E-state index contributed by atoms with van der Waals surface area (Å²) in [5, 5.41) is 18.5. The van der Waals surface area contributed by atoms with Gasteiger partial charge in [0.25, 0.3) is 5.91 Å². The van der Waals surface area contributed by atoms with E-state index in [-0.39, 0.29) is 16.5 Å². The number of furan rings is 2. The van der Waals surface area contributed by atoms with Crippen molar-refractivity contribution in [2.45, 2.75) is 13.0 Å². The number of amides is 1. The van der Waals surface area contributed by atoms with Crippen molar-refractivity contribution in [3.8, 4) is 0 Å². The van der Waals surface area contributed by atoms with E-state index in [9.17, 15) is 14.7 Å². The molecule has 0 aromatic carbocycles. The lowest BCUT2D eigenvalue weighted by molar-refractivity contribution is -0.117. The first-order valence-electron chi connectivity index (χ1n) is 8.29. The van der Waals surface area contributed by atoms with Gasteiger partial charge >= 0.3 is 0 Å². The second-order valence-corrected chi connectivity index (χ2v) is 7.18. The van der Waals surface area contributed by atoms with Crippen molar-refractivity contribution in [1.29, 1.82) is 0 Å². The third kappa shape index (κ3) is 2.78. The number of nitrogens with zero attached hydrogens (tertiary/aromatic N) is 4. The van der Waals surface area contributed by atoms with Crippen molar-refractivity contribution in [1.82, 2.24) is 10.2 Å². The first kappa shape index (κ1) is 18.0. The molecule has 4 rings (SSSR count). The van der Waals surface area contributed by atoms with Gasteiger partial charge in [-0.05, 0) is 25.1 Å². The summed E-state index contributed by atoms with van der Waals surface area (Å²) in [6.45, 7) is 1.70. The number of carbonyl (C=O) groups excluding carboxylic acids is 2. The molecule has 1 aliphatic rings. The maximum atomic E-state index is 13.1. The standard InChI is InChI=1S/C18H16N4O5S/c1-9-4-5-11(26-9)15(23)13-14(10-6-7-12(27-10)21(2)3)22(17(25)16(13)24)18-20-19-8-28-18/h4-8,14,24H,1-3H3. The fraction of sp³-hybridized carbons (Fsp3) is 0.222. The van der Waals surface area contributed by atoms with E-state index in [1.54, 1.807) is 44.1 Å². The summed E-state index contributed by atoms with van der Waals surface area (Å²) in [7, 11) is 3.60. The van der Waals surface area contributed by atoms with Gasteiger partial charge in [0, 0.05) is 20.2 Å². The average molecular weight is 400 g/mol. The van der Waals surface area contributed by atoms with E-state index in [4.69, 9.17) is 8.83 Å². The van der Waals surface area contributed by atoms with Crippen LogP contribution in [0.2, 0.25) is 0 Å². The number of aromatic nitrogens is 2. The lowest BCUT2D eigenvalue weighted by Crippen LogP contribution is -2.30. The van der Waals surface area contributed by atoms with E-state index < -0.39 is 23.5 Å². The molecule has 1 amide bonds. The number of aryl methyl sites for hydroxylation is 1. The highest BCUT2D eigenvalue weighted by Crippen LogP contribution is 2.43. The third-order valence-corrected chi connectivity index (χ3v) is 4.98. The van der Waals surface area contributed by atoms with Gasteiger partial charge in [0.2, 0.25) is 10.9 Å². The SMILES string of the molecule is Cc1ccc(C(=O)C2=C(O)C(=O)N(c3nncs3)C2c2ccc(N(C)C)o2)o1. The van der Waals surface area contributed by atoms with E-state index >= 15 is 0 Å². The van der Waals surface area contributed by atoms with Crippen molar-refractivity contribution < 1.29 is 23.5 Å². The summed E-state index contributed by atoms with van der Waals surface area (Å²) >= 11 is 1.11. The molecule has 0 spiro atoms. The van der Waals surface area contributed by atoms with E-state index in [0.717, 1.165) is 11.3 Å². The van der Waals surface area contributed by atoms with Crippen LogP contribution in [0.5, 0.6) is 0 Å². The molecule has 0 fully saturated rings. The summed E-state index contributed by atoms with van der Waals surface area (Å²) in [6.07, 6.45) is 0. The van der Waals surface area contributed by atoms with Crippen LogP contribution in [-0.2, 0) is 4.79 Å². The molecule has 1 atom stereocenters. The number of hydrogen-bond donors (Lipinski definition) is 1. The molecule has 0 saturated heterocycles. The topological polar surface area (TPSA) is 113 Å². The van der Waals surface area contributed by atoms with Crippen molar-refractivity contribution in [2.24, 2.45) is 0 Å². The molecular weight excluding hydrogens is 384 g/mol. The largest absolute Gasteiger partial charge is 0.503 e. The van der Waals surface area contributed by atoms with Gasteiger partial charge in [0.05, 0.1) is 5.57 Å². The first-order valence-corrected chi connectivity index (χ1v) is 9.17. The molecule has 9 nitrogen and oxygen atoms in total. The molecule has 1 aliphatic heterocycles. The van der Waals surface area contributed by atoms with Gasteiger partial charge in [-0.1, -0.05) is 11.3 Å². The van der Waals surface area contributed by atoms with Crippen molar-refractivity contribution in [2.75, 3.05) is 23.9 Å². The van der Waals surface area contributed by atoms with Crippen LogP contribution in [0.1, 0.15) is 28.1 Å².